The number of fused-ring (bicyclic) bond motifs is 1. The van der Waals surface area contributed by atoms with E-state index in [1.807, 2.05) is 59.2 Å². The molecule has 3 rings (SSSR count). The van der Waals surface area contributed by atoms with E-state index in [1.54, 1.807) is 11.9 Å². The van der Waals surface area contributed by atoms with Gasteiger partial charge < -0.3 is 19.7 Å². The number of aryl methyl sites for hydroxylation is 1. The van der Waals surface area contributed by atoms with Gasteiger partial charge in [-0.1, -0.05) is 42.5 Å². The predicted octanol–water partition coefficient (Wildman–Crippen LogP) is 2.50. The first-order valence-electron chi connectivity index (χ1n) is 9.12. The molecule has 0 aliphatic rings. The van der Waals surface area contributed by atoms with Crippen LogP contribution in [0.4, 0.5) is 0 Å². The summed E-state index contributed by atoms with van der Waals surface area (Å²) in [6, 6.07) is 17.1. The molecule has 0 saturated heterocycles. The lowest BCUT2D eigenvalue weighted by atomic mass is 10.1. The summed E-state index contributed by atoms with van der Waals surface area (Å²) in [5, 5.41) is 19.8. The largest absolute Gasteiger partial charge is 0.388 e. The van der Waals surface area contributed by atoms with Gasteiger partial charge in [0.2, 0.25) is 5.91 Å². The molecule has 0 radical (unpaired) electrons. The third kappa shape index (κ3) is 4.53. The molecule has 142 valence electrons. The summed E-state index contributed by atoms with van der Waals surface area (Å²) < 4.78 is 1.89. The second-order valence-corrected chi connectivity index (χ2v) is 6.61. The van der Waals surface area contributed by atoms with E-state index in [2.05, 4.69) is 4.98 Å². The van der Waals surface area contributed by atoms with E-state index in [-0.39, 0.29) is 12.5 Å². The maximum Gasteiger partial charge on any atom is 0.224 e. The number of nitrogens with zero attached hydrogens (tertiary/aromatic N) is 3. The van der Waals surface area contributed by atoms with Gasteiger partial charge in [-0.15, -0.1) is 0 Å². The van der Waals surface area contributed by atoms with Crippen molar-refractivity contribution in [3.05, 3.63) is 66.0 Å². The third-order valence-corrected chi connectivity index (χ3v) is 4.77. The Balaban J connectivity index is 1.56. The second kappa shape index (κ2) is 8.79. The van der Waals surface area contributed by atoms with Gasteiger partial charge in [-0.05, 0) is 24.1 Å². The van der Waals surface area contributed by atoms with E-state index in [0.717, 1.165) is 16.6 Å². The average molecular weight is 367 g/mol. The Hall–Kier alpha value is -2.70. The molecule has 3 aromatic rings. The topological polar surface area (TPSA) is 78.6 Å². The van der Waals surface area contributed by atoms with Gasteiger partial charge in [-0.25, -0.2) is 4.98 Å². The summed E-state index contributed by atoms with van der Waals surface area (Å²) in [5.74, 6) is 0.558. The summed E-state index contributed by atoms with van der Waals surface area (Å²) in [7, 11) is 1.75. The van der Waals surface area contributed by atoms with Crippen molar-refractivity contribution in [1.29, 1.82) is 0 Å². The fourth-order valence-electron chi connectivity index (χ4n) is 3.18. The number of hydrogen-bond donors (Lipinski definition) is 2. The number of carbonyl (C=O) groups excluding carboxylic acids is 1. The minimum atomic E-state index is -0.583. The lowest BCUT2D eigenvalue weighted by Crippen LogP contribution is -2.29. The highest BCUT2D eigenvalue weighted by Crippen LogP contribution is 2.18. The zero-order chi connectivity index (χ0) is 19.2. The molecule has 6 nitrogen and oxygen atoms in total. The standard InChI is InChI=1S/C21H25N3O3/c1-23(13-11-19(26)16-7-3-2-4-8-16)21(27)12-14-24-18-10-6-5-9-17(18)22-20(24)15-25/h2-10,19,25-26H,11-15H2,1H3/t19-/m1/s1. The number of hydrogen-bond acceptors (Lipinski definition) is 4. The number of carbonyl (C=O) groups is 1. The molecule has 0 aliphatic heterocycles. The van der Waals surface area contributed by atoms with Gasteiger partial charge in [0, 0.05) is 26.6 Å². The van der Waals surface area contributed by atoms with Crippen LogP contribution < -0.4 is 0 Å². The Morgan fingerprint density at radius 2 is 1.85 bits per heavy atom. The fraction of sp³-hybridized carbons (Fsp3) is 0.333. The number of aliphatic hydroxyl groups excluding tert-OH is 2. The molecule has 1 atom stereocenters. The Morgan fingerprint density at radius 3 is 2.59 bits per heavy atom. The zero-order valence-electron chi connectivity index (χ0n) is 15.5. The van der Waals surface area contributed by atoms with Crippen LogP contribution in [-0.4, -0.2) is 44.2 Å². The lowest BCUT2D eigenvalue weighted by Gasteiger charge is -2.20. The lowest BCUT2D eigenvalue weighted by molar-refractivity contribution is -0.130. The van der Waals surface area contributed by atoms with Gasteiger partial charge in [0.1, 0.15) is 12.4 Å². The Morgan fingerprint density at radius 1 is 1.15 bits per heavy atom. The van der Waals surface area contributed by atoms with Crippen molar-refractivity contribution >= 4 is 16.9 Å². The van der Waals surface area contributed by atoms with Gasteiger partial charge in [-0.3, -0.25) is 4.79 Å². The molecule has 1 amide bonds. The summed E-state index contributed by atoms with van der Waals surface area (Å²) in [6.07, 6.45) is 0.216. The normalized spacial score (nSPS) is 12.3. The Bertz CT molecular complexity index is 892. The van der Waals surface area contributed by atoms with Gasteiger partial charge in [0.05, 0.1) is 17.1 Å². The number of aromatic nitrogens is 2. The minimum absolute atomic E-state index is 0.00284. The molecule has 0 fully saturated rings. The maximum absolute atomic E-state index is 12.5. The summed E-state index contributed by atoms with van der Waals surface area (Å²) >= 11 is 0. The van der Waals surface area contributed by atoms with Crippen LogP contribution in [0.2, 0.25) is 0 Å². The molecule has 0 bridgehead atoms. The summed E-state index contributed by atoms with van der Waals surface area (Å²) in [4.78, 5) is 18.5. The number of aliphatic hydroxyl groups is 2. The first-order valence-corrected chi connectivity index (χ1v) is 9.12. The zero-order valence-corrected chi connectivity index (χ0v) is 15.5. The van der Waals surface area contributed by atoms with Crippen molar-refractivity contribution in [2.24, 2.45) is 0 Å². The third-order valence-electron chi connectivity index (χ3n) is 4.77. The first-order chi connectivity index (χ1) is 13.1. The summed E-state index contributed by atoms with van der Waals surface area (Å²) in [5.41, 5.74) is 2.58. The molecular weight excluding hydrogens is 342 g/mol. The highest BCUT2D eigenvalue weighted by Gasteiger charge is 2.15. The number of amides is 1. The Labute approximate surface area is 158 Å². The van der Waals surface area contributed by atoms with Crippen LogP contribution in [0.15, 0.2) is 54.6 Å². The van der Waals surface area contributed by atoms with Crippen molar-refractivity contribution in [3.63, 3.8) is 0 Å². The van der Waals surface area contributed by atoms with E-state index in [9.17, 15) is 15.0 Å². The molecule has 27 heavy (non-hydrogen) atoms. The van der Waals surface area contributed by atoms with Crippen LogP contribution >= 0.6 is 0 Å². The number of rotatable bonds is 8. The minimum Gasteiger partial charge on any atom is -0.388 e. The predicted molar refractivity (Wildman–Crippen MR) is 104 cm³/mol. The molecule has 0 saturated carbocycles. The van der Waals surface area contributed by atoms with Crippen molar-refractivity contribution in [2.45, 2.75) is 32.1 Å². The highest BCUT2D eigenvalue weighted by molar-refractivity contribution is 5.78. The second-order valence-electron chi connectivity index (χ2n) is 6.61. The Kier molecular flexibility index (Phi) is 6.21. The van der Waals surface area contributed by atoms with Crippen molar-refractivity contribution < 1.29 is 15.0 Å². The van der Waals surface area contributed by atoms with Crippen LogP contribution in [0.25, 0.3) is 11.0 Å². The van der Waals surface area contributed by atoms with Gasteiger partial charge in [-0.2, -0.15) is 0 Å². The number of para-hydroxylation sites is 2. The average Bonchev–Trinajstić information content (AvgIpc) is 3.08. The summed E-state index contributed by atoms with van der Waals surface area (Å²) in [6.45, 7) is 0.773. The van der Waals surface area contributed by atoms with E-state index < -0.39 is 6.10 Å². The molecule has 2 N–H and O–H groups in total. The maximum atomic E-state index is 12.5. The van der Waals surface area contributed by atoms with Gasteiger partial charge in [0.15, 0.2) is 0 Å². The van der Waals surface area contributed by atoms with Crippen LogP contribution in [0.1, 0.15) is 30.3 Å². The van der Waals surface area contributed by atoms with Crippen LogP contribution in [0.5, 0.6) is 0 Å². The molecule has 2 aromatic carbocycles. The van der Waals surface area contributed by atoms with Crippen molar-refractivity contribution in [1.82, 2.24) is 14.5 Å². The van der Waals surface area contributed by atoms with Gasteiger partial charge >= 0.3 is 0 Å². The molecule has 6 heteroatoms. The molecule has 0 aliphatic carbocycles. The highest BCUT2D eigenvalue weighted by atomic mass is 16.3. The molecule has 1 aromatic heterocycles. The molecular formula is C21H25N3O3. The van der Waals surface area contributed by atoms with Crippen LogP contribution in [0, 0.1) is 0 Å². The SMILES string of the molecule is CN(CC[C@@H](O)c1ccccc1)C(=O)CCn1c(CO)nc2ccccc21. The molecule has 1 heterocycles. The first kappa shape index (κ1) is 19.1. The van der Waals surface area contributed by atoms with Crippen molar-refractivity contribution in [2.75, 3.05) is 13.6 Å². The van der Waals surface area contributed by atoms with E-state index in [0.29, 0.717) is 31.8 Å². The number of benzene rings is 2. The van der Waals surface area contributed by atoms with E-state index in [4.69, 9.17) is 0 Å². The van der Waals surface area contributed by atoms with Crippen LogP contribution in [-0.2, 0) is 17.9 Å². The van der Waals surface area contributed by atoms with E-state index >= 15 is 0 Å². The van der Waals surface area contributed by atoms with Crippen LogP contribution in [0.3, 0.4) is 0 Å². The monoisotopic (exact) mass is 367 g/mol. The van der Waals surface area contributed by atoms with E-state index in [1.165, 1.54) is 0 Å². The fourth-order valence-corrected chi connectivity index (χ4v) is 3.18. The van der Waals surface area contributed by atoms with Crippen molar-refractivity contribution in [3.8, 4) is 0 Å². The number of imidazole rings is 1. The van der Waals surface area contributed by atoms with Gasteiger partial charge in [0.25, 0.3) is 0 Å². The molecule has 0 spiro atoms. The molecule has 0 unspecified atom stereocenters. The smallest absolute Gasteiger partial charge is 0.224 e. The quantitative estimate of drug-likeness (QED) is 0.641.